The summed E-state index contributed by atoms with van der Waals surface area (Å²) in [6.07, 6.45) is 0.379. The fraction of sp³-hybridized carbons (Fsp3) is 0.462. The van der Waals surface area contributed by atoms with Gasteiger partial charge in [0.25, 0.3) is 0 Å². The summed E-state index contributed by atoms with van der Waals surface area (Å²) in [5, 5.41) is 5.87. The summed E-state index contributed by atoms with van der Waals surface area (Å²) >= 11 is 0. The fourth-order valence-electron chi connectivity index (χ4n) is 1.64. The molecule has 1 aromatic carbocycles. The lowest BCUT2D eigenvalue weighted by Gasteiger charge is -2.13. The number of halogens is 1. The molecule has 0 saturated carbocycles. The Morgan fingerprint density at radius 2 is 2.18 bits per heavy atom. The van der Waals surface area contributed by atoms with Crippen LogP contribution in [0.4, 0.5) is 10.1 Å². The summed E-state index contributed by atoms with van der Waals surface area (Å²) in [6.45, 7) is 6.42. The number of carbonyl (C=O) groups is 1. The quantitative estimate of drug-likeness (QED) is 0.827. The average Bonchev–Trinajstić information content (AvgIpc) is 2.25. The van der Waals surface area contributed by atoms with Gasteiger partial charge in [0.1, 0.15) is 5.82 Å². The number of benzene rings is 1. The van der Waals surface area contributed by atoms with Crippen LogP contribution in [0.1, 0.15) is 25.8 Å². The smallest absolute Gasteiger partial charge is 0.225 e. The average molecular weight is 238 g/mol. The van der Waals surface area contributed by atoms with E-state index in [1.807, 2.05) is 13.8 Å². The van der Waals surface area contributed by atoms with Gasteiger partial charge in [-0.05, 0) is 32.5 Å². The Labute approximate surface area is 101 Å². The van der Waals surface area contributed by atoms with Gasteiger partial charge in [-0.25, -0.2) is 4.39 Å². The van der Waals surface area contributed by atoms with Crippen molar-refractivity contribution in [1.29, 1.82) is 0 Å². The van der Waals surface area contributed by atoms with Crippen molar-refractivity contribution >= 4 is 11.6 Å². The van der Waals surface area contributed by atoms with Gasteiger partial charge in [-0.1, -0.05) is 13.0 Å². The van der Waals surface area contributed by atoms with Crippen molar-refractivity contribution in [3.8, 4) is 0 Å². The van der Waals surface area contributed by atoms with Crippen LogP contribution < -0.4 is 10.6 Å². The van der Waals surface area contributed by atoms with E-state index in [1.54, 1.807) is 19.1 Å². The van der Waals surface area contributed by atoms with E-state index in [-0.39, 0.29) is 17.8 Å². The van der Waals surface area contributed by atoms with Crippen LogP contribution in [-0.4, -0.2) is 18.5 Å². The Bertz CT molecular complexity index is 393. The lowest BCUT2D eigenvalue weighted by molar-refractivity contribution is -0.116. The Balaban J connectivity index is 2.59. The van der Waals surface area contributed by atoms with Gasteiger partial charge in [0, 0.05) is 23.7 Å². The molecule has 1 unspecified atom stereocenters. The summed E-state index contributed by atoms with van der Waals surface area (Å²) in [5.41, 5.74) is 1.01. The zero-order valence-corrected chi connectivity index (χ0v) is 10.5. The predicted molar refractivity (Wildman–Crippen MR) is 67.5 cm³/mol. The second-order valence-corrected chi connectivity index (χ2v) is 4.12. The molecule has 2 N–H and O–H groups in total. The molecule has 0 bridgehead atoms. The predicted octanol–water partition coefficient (Wildman–Crippen LogP) is 2.46. The Hall–Kier alpha value is -1.42. The summed E-state index contributed by atoms with van der Waals surface area (Å²) in [4.78, 5) is 11.7. The topological polar surface area (TPSA) is 41.1 Å². The molecule has 0 aliphatic carbocycles. The number of hydrogen-bond acceptors (Lipinski definition) is 2. The normalized spacial score (nSPS) is 12.2. The zero-order chi connectivity index (χ0) is 12.8. The van der Waals surface area contributed by atoms with E-state index in [9.17, 15) is 9.18 Å². The number of amides is 1. The van der Waals surface area contributed by atoms with Gasteiger partial charge in [0.15, 0.2) is 0 Å². The summed E-state index contributed by atoms with van der Waals surface area (Å²) < 4.78 is 13.2. The monoisotopic (exact) mass is 238 g/mol. The minimum atomic E-state index is -0.303. The van der Waals surface area contributed by atoms with Gasteiger partial charge >= 0.3 is 0 Å². The minimum absolute atomic E-state index is 0.104. The lowest BCUT2D eigenvalue weighted by Crippen LogP contribution is -2.30. The third kappa shape index (κ3) is 4.15. The molecule has 1 aromatic rings. The van der Waals surface area contributed by atoms with E-state index < -0.39 is 0 Å². The van der Waals surface area contributed by atoms with Crippen molar-refractivity contribution in [1.82, 2.24) is 5.32 Å². The molecular weight excluding hydrogens is 219 g/mol. The molecule has 0 saturated heterocycles. The first-order valence-electron chi connectivity index (χ1n) is 5.83. The molecule has 0 aromatic heterocycles. The number of hydrogen-bond donors (Lipinski definition) is 2. The van der Waals surface area contributed by atoms with Crippen LogP contribution in [0.5, 0.6) is 0 Å². The maximum absolute atomic E-state index is 13.2. The number of nitrogens with one attached hydrogen (secondary N) is 2. The highest BCUT2D eigenvalue weighted by atomic mass is 19.1. The summed E-state index contributed by atoms with van der Waals surface area (Å²) in [5.74, 6) is -0.408. The molecule has 0 spiro atoms. The van der Waals surface area contributed by atoms with E-state index >= 15 is 0 Å². The molecule has 0 aliphatic rings. The van der Waals surface area contributed by atoms with Crippen molar-refractivity contribution < 1.29 is 9.18 Å². The van der Waals surface area contributed by atoms with Gasteiger partial charge in [0.05, 0.1) is 0 Å². The second kappa shape index (κ2) is 6.35. The molecule has 3 nitrogen and oxygen atoms in total. The van der Waals surface area contributed by atoms with Crippen LogP contribution in [-0.2, 0) is 4.79 Å². The van der Waals surface area contributed by atoms with E-state index in [0.29, 0.717) is 17.7 Å². The molecule has 0 aliphatic heterocycles. The Kier molecular flexibility index (Phi) is 5.10. The molecular formula is C13H19FN2O. The molecule has 0 radical (unpaired) electrons. The van der Waals surface area contributed by atoms with Crippen LogP contribution >= 0.6 is 0 Å². The van der Waals surface area contributed by atoms with Gasteiger partial charge < -0.3 is 10.6 Å². The lowest BCUT2D eigenvalue weighted by atomic mass is 10.1. The van der Waals surface area contributed by atoms with Crippen molar-refractivity contribution in [2.75, 3.05) is 11.9 Å². The van der Waals surface area contributed by atoms with Gasteiger partial charge in [0.2, 0.25) is 5.91 Å². The first kappa shape index (κ1) is 13.6. The van der Waals surface area contributed by atoms with Gasteiger partial charge in [-0.15, -0.1) is 0 Å². The van der Waals surface area contributed by atoms with Gasteiger partial charge in [-0.2, -0.15) is 0 Å². The highest BCUT2D eigenvalue weighted by Gasteiger charge is 2.10. The standard InChI is InChI=1S/C13H19FN2O/c1-4-15-9(2)8-13(17)16-12-7-5-6-11(14)10(12)3/h5-7,9,15H,4,8H2,1-3H3,(H,16,17). The Morgan fingerprint density at radius 1 is 1.47 bits per heavy atom. The van der Waals surface area contributed by atoms with E-state index in [4.69, 9.17) is 0 Å². The number of carbonyl (C=O) groups excluding carboxylic acids is 1. The number of anilines is 1. The maximum Gasteiger partial charge on any atom is 0.225 e. The third-order valence-corrected chi connectivity index (χ3v) is 2.59. The largest absolute Gasteiger partial charge is 0.326 e. The van der Waals surface area contributed by atoms with Crippen LogP contribution in [0, 0.1) is 12.7 Å². The van der Waals surface area contributed by atoms with Crippen LogP contribution in [0.2, 0.25) is 0 Å². The first-order valence-corrected chi connectivity index (χ1v) is 5.83. The first-order chi connectivity index (χ1) is 8.04. The maximum atomic E-state index is 13.2. The van der Waals surface area contributed by atoms with Crippen molar-refractivity contribution in [2.45, 2.75) is 33.2 Å². The van der Waals surface area contributed by atoms with Crippen LogP contribution in [0.15, 0.2) is 18.2 Å². The third-order valence-electron chi connectivity index (χ3n) is 2.59. The van der Waals surface area contributed by atoms with Crippen LogP contribution in [0.3, 0.4) is 0 Å². The SMILES string of the molecule is CCNC(C)CC(=O)Nc1cccc(F)c1C. The molecule has 1 rings (SSSR count). The minimum Gasteiger partial charge on any atom is -0.326 e. The molecule has 94 valence electrons. The summed E-state index contributed by atoms with van der Waals surface area (Å²) in [6, 6.07) is 4.79. The highest BCUT2D eigenvalue weighted by Crippen LogP contribution is 2.17. The van der Waals surface area contributed by atoms with E-state index in [2.05, 4.69) is 10.6 Å². The van der Waals surface area contributed by atoms with Gasteiger partial charge in [-0.3, -0.25) is 4.79 Å². The molecule has 4 heteroatoms. The highest BCUT2D eigenvalue weighted by molar-refractivity contribution is 5.91. The van der Waals surface area contributed by atoms with E-state index in [0.717, 1.165) is 6.54 Å². The summed E-state index contributed by atoms with van der Waals surface area (Å²) in [7, 11) is 0. The Morgan fingerprint density at radius 3 is 2.82 bits per heavy atom. The van der Waals surface area contributed by atoms with Crippen molar-refractivity contribution in [3.63, 3.8) is 0 Å². The molecule has 0 heterocycles. The zero-order valence-electron chi connectivity index (χ0n) is 10.5. The van der Waals surface area contributed by atoms with Crippen molar-refractivity contribution in [2.24, 2.45) is 0 Å². The molecule has 1 atom stereocenters. The van der Waals surface area contributed by atoms with E-state index in [1.165, 1.54) is 6.07 Å². The molecule has 1 amide bonds. The number of rotatable bonds is 5. The molecule has 17 heavy (non-hydrogen) atoms. The van der Waals surface area contributed by atoms with Crippen molar-refractivity contribution in [3.05, 3.63) is 29.6 Å². The van der Waals surface area contributed by atoms with Crippen LogP contribution in [0.25, 0.3) is 0 Å². The molecule has 0 fully saturated rings. The fourth-order valence-corrected chi connectivity index (χ4v) is 1.64. The second-order valence-electron chi connectivity index (χ2n) is 4.12.